The Kier molecular flexibility index (Phi) is 10.3. The smallest absolute Gasteiger partial charge is 0.311 e. The van der Waals surface area contributed by atoms with Crippen molar-refractivity contribution in [2.45, 2.75) is 97.5 Å². The van der Waals surface area contributed by atoms with Crippen molar-refractivity contribution in [1.82, 2.24) is 5.06 Å². The number of rotatable bonds is 12. The van der Waals surface area contributed by atoms with Crippen molar-refractivity contribution in [1.29, 1.82) is 0 Å². The Morgan fingerprint density at radius 3 is 2.33 bits per heavy atom. The maximum absolute atomic E-state index is 14.0. The fraction of sp³-hybridized carbons (Fsp3) is 0.581. The van der Waals surface area contributed by atoms with E-state index in [2.05, 4.69) is 18.2 Å². The lowest BCUT2D eigenvalue weighted by atomic mass is 9.96. The van der Waals surface area contributed by atoms with E-state index in [-0.39, 0.29) is 23.6 Å². The average molecular weight is 562 g/mol. The predicted octanol–water partition coefficient (Wildman–Crippen LogP) is 7.49. The number of hydrogen-bond donors (Lipinski definition) is 0. The Morgan fingerprint density at radius 2 is 1.67 bits per heavy atom. The highest BCUT2D eigenvalue weighted by atomic mass is 28.4. The number of halogens is 2. The van der Waals surface area contributed by atoms with E-state index in [0.29, 0.717) is 31.2 Å². The molecule has 0 aromatic heterocycles. The molecular weight excluding hydrogens is 516 g/mol. The van der Waals surface area contributed by atoms with E-state index in [1.54, 1.807) is 18.2 Å². The van der Waals surface area contributed by atoms with Gasteiger partial charge in [0.25, 0.3) is 0 Å². The standard InChI is InChI=1S/C31H45F2NO4Si/c1-30(2,3)37-29(35)31(4,5)22-39(6,7)38-34-19-8-9-27(34)18-20-36-28-17-16-26(33)21-24(28)13-10-23-11-14-25(32)15-12-23/h11-12,14-17,21,27H,8-10,13,18-20,22H2,1-7H3. The average Bonchev–Trinajstić information content (AvgIpc) is 3.24. The number of esters is 1. The molecule has 1 aliphatic rings. The molecule has 1 fully saturated rings. The van der Waals surface area contributed by atoms with Crippen molar-refractivity contribution < 1.29 is 27.6 Å². The van der Waals surface area contributed by atoms with Gasteiger partial charge in [-0.2, -0.15) is 5.06 Å². The molecule has 0 aliphatic carbocycles. The van der Waals surface area contributed by atoms with Gasteiger partial charge in [-0.1, -0.05) is 12.1 Å². The van der Waals surface area contributed by atoms with Gasteiger partial charge in [-0.3, -0.25) is 4.79 Å². The first kappa shape index (κ1) is 31.2. The second-order valence-electron chi connectivity index (χ2n) is 12.9. The van der Waals surface area contributed by atoms with E-state index in [9.17, 15) is 13.6 Å². The van der Waals surface area contributed by atoms with E-state index >= 15 is 0 Å². The van der Waals surface area contributed by atoms with Crippen LogP contribution in [0.4, 0.5) is 8.78 Å². The maximum Gasteiger partial charge on any atom is 0.311 e. The first-order chi connectivity index (χ1) is 18.1. The van der Waals surface area contributed by atoms with Crippen LogP contribution in [0.25, 0.3) is 0 Å². The third kappa shape index (κ3) is 10.00. The Labute approximate surface area is 233 Å². The van der Waals surface area contributed by atoms with Gasteiger partial charge in [-0.25, -0.2) is 8.78 Å². The minimum Gasteiger partial charge on any atom is -0.493 e. The van der Waals surface area contributed by atoms with Crippen molar-refractivity contribution in [3.8, 4) is 5.75 Å². The van der Waals surface area contributed by atoms with Gasteiger partial charge in [0.2, 0.25) is 8.32 Å². The highest BCUT2D eigenvalue weighted by Crippen LogP contribution is 2.34. The summed E-state index contributed by atoms with van der Waals surface area (Å²) in [5.74, 6) is -0.0811. The van der Waals surface area contributed by atoms with Crippen LogP contribution in [0.5, 0.6) is 5.75 Å². The zero-order valence-electron chi connectivity index (χ0n) is 24.6. The Hall–Kier alpha value is -2.29. The largest absolute Gasteiger partial charge is 0.493 e. The van der Waals surface area contributed by atoms with Crippen LogP contribution in [0, 0.1) is 17.0 Å². The van der Waals surface area contributed by atoms with E-state index in [1.807, 2.05) is 34.6 Å². The second kappa shape index (κ2) is 12.9. The van der Waals surface area contributed by atoms with E-state index in [1.165, 1.54) is 24.3 Å². The van der Waals surface area contributed by atoms with Crippen molar-refractivity contribution in [3.63, 3.8) is 0 Å². The zero-order valence-corrected chi connectivity index (χ0v) is 25.6. The van der Waals surface area contributed by atoms with Crippen LogP contribution >= 0.6 is 0 Å². The summed E-state index contributed by atoms with van der Waals surface area (Å²) < 4.78 is 45.6. The molecule has 1 aliphatic heterocycles. The molecule has 1 atom stereocenters. The molecule has 0 saturated carbocycles. The third-order valence-electron chi connectivity index (χ3n) is 6.83. The third-order valence-corrected chi connectivity index (χ3v) is 9.30. The molecule has 5 nitrogen and oxygen atoms in total. The lowest BCUT2D eigenvalue weighted by Gasteiger charge is -2.37. The van der Waals surface area contributed by atoms with Crippen LogP contribution in [0.2, 0.25) is 19.1 Å². The summed E-state index contributed by atoms with van der Waals surface area (Å²) >= 11 is 0. The van der Waals surface area contributed by atoms with Crippen molar-refractivity contribution >= 4 is 14.3 Å². The molecule has 2 aromatic carbocycles. The minimum absolute atomic E-state index is 0.194. The Bertz CT molecular complexity index is 1100. The normalized spacial score (nSPS) is 16.9. The quantitative estimate of drug-likeness (QED) is 0.199. The molecule has 8 heteroatoms. The van der Waals surface area contributed by atoms with Crippen LogP contribution < -0.4 is 4.74 Å². The summed E-state index contributed by atoms with van der Waals surface area (Å²) in [7, 11) is -2.23. The molecule has 1 saturated heterocycles. The number of carbonyl (C=O) groups excluding carboxylic acids is 1. The number of hydrogen-bond acceptors (Lipinski definition) is 5. The highest BCUT2D eigenvalue weighted by molar-refractivity contribution is 6.71. The van der Waals surface area contributed by atoms with E-state index in [4.69, 9.17) is 14.0 Å². The number of benzene rings is 2. The molecule has 0 radical (unpaired) electrons. The van der Waals surface area contributed by atoms with Gasteiger partial charge in [0, 0.05) is 12.6 Å². The topological polar surface area (TPSA) is 48.0 Å². The zero-order chi connectivity index (χ0) is 28.8. The van der Waals surface area contributed by atoms with Gasteiger partial charge in [0.1, 0.15) is 23.0 Å². The lowest BCUT2D eigenvalue weighted by molar-refractivity contribution is -0.165. The molecule has 1 heterocycles. The summed E-state index contributed by atoms with van der Waals surface area (Å²) in [6, 6.07) is 11.9. The number of carbonyl (C=O) groups is 1. The van der Waals surface area contributed by atoms with Gasteiger partial charge in [0.15, 0.2) is 0 Å². The first-order valence-corrected chi connectivity index (χ1v) is 17.1. The Morgan fingerprint density at radius 1 is 1.00 bits per heavy atom. The number of hydroxylamine groups is 2. The van der Waals surface area contributed by atoms with Gasteiger partial charge < -0.3 is 14.0 Å². The molecule has 0 N–H and O–H groups in total. The maximum atomic E-state index is 14.0. The number of nitrogens with zero attached hydrogens (tertiary/aromatic N) is 1. The molecule has 0 spiro atoms. The summed E-state index contributed by atoms with van der Waals surface area (Å²) in [5.41, 5.74) is 0.643. The van der Waals surface area contributed by atoms with Crippen molar-refractivity contribution in [2.24, 2.45) is 5.41 Å². The van der Waals surface area contributed by atoms with Crippen LogP contribution in [-0.4, -0.2) is 44.1 Å². The number of aryl methyl sites for hydroxylation is 2. The number of ether oxygens (including phenoxy) is 2. The fourth-order valence-corrected chi connectivity index (χ4v) is 8.45. The fourth-order valence-electron chi connectivity index (χ4n) is 5.24. The molecule has 216 valence electrons. The summed E-state index contributed by atoms with van der Waals surface area (Å²) in [4.78, 5) is 12.8. The first-order valence-electron chi connectivity index (χ1n) is 14.0. The summed E-state index contributed by atoms with van der Waals surface area (Å²) in [6.45, 7) is 15.2. The molecule has 3 rings (SSSR count). The van der Waals surface area contributed by atoms with Crippen LogP contribution in [-0.2, 0) is 26.9 Å². The van der Waals surface area contributed by atoms with Crippen LogP contribution in [0.3, 0.4) is 0 Å². The molecule has 2 aromatic rings. The predicted molar refractivity (Wildman–Crippen MR) is 153 cm³/mol. The SMILES string of the molecule is CC(C)(C)OC(=O)C(C)(C)C[Si](C)(C)ON1CCCC1CCOc1ccc(F)cc1CCc1ccc(F)cc1. The molecule has 0 amide bonds. The molecule has 1 unspecified atom stereocenters. The van der Waals surface area contributed by atoms with Gasteiger partial charge in [-0.15, -0.1) is 0 Å². The molecular formula is C31H45F2NO4Si. The minimum atomic E-state index is -2.23. The highest BCUT2D eigenvalue weighted by Gasteiger charge is 2.42. The van der Waals surface area contributed by atoms with Gasteiger partial charge in [-0.05, 0) is 127 Å². The molecule has 39 heavy (non-hydrogen) atoms. The lowest BCUT2D eigenvalue weighted by Crippen LogP contribution is -2.47. The summed E-state index contributed by atoms with van der Waals surface area (Å²) in [5, 5.41) is 2.10. The monoisotopic (exact) mass is 561 g/mol. The summed E-state index contributed by atoms with van der Waals surface area (Å²) in [6.07, 6.45) is 4.12. The van der Waals surface area contributed by atoms with E-state index in [0.717, 1.165) is 36.9 Å². The van der Waals surface area contributed by atoms with Gasteiger partial charge in [0.05, 0.1) is 12.0 Å². The van der Waals surface area contributed by atoms with Crippen molar-refractivity contribution in [2.75, 3.05) is 13.2 Å². The second-order valence-corrected chi connectivity index (χ2v) is 16.9. The van der Waals surface area contributed by atoms with Gasteiger partial charge >= 0.3 is 5.97 Å². The van der Waals surface area contributed by atoms with E-state index < -0.39 is 19.3 Å². The van der Waals surface area contributed by atoms with Crippen LogP contribution in [0.15, 0.2) is 42.5 Å². The Balaban J connectivity index is 1.54. The van der Waals surface area contributed by atoms with Crippen molar-refractivity contribution in [3.05, 3.63) is 65.2 Å². The van der Waals surface area contributed by atoms with Crippen LogP contribution in [0.1, 0.15) is 65.0 Å². The molecule has 0 bridgehead atoms.